The zero-order chi connectivity index (χ0) is 15.1. The molecule has 2 rings (SSSR count). The molecule has 22 heavy (non-hydrogen) atoms. The van der Waals surface area contributed by atoms with Gasteiger partial charge in [0.15, 0.2) is 0 Å². The first-order valence-electron chi connectivity index (χ1n) is 7.52. The summed E-state index contributed by atoms with van der Waals surface area (Å²) in [5, 5.41) is 3.30. The summed E-state index contributed by atoms with van der Waals surface area (Å²) in [6, 6.07) is 6.42. The Balaban J connectivity index is 0.00000242. The molecule has 1 aliphatic rings. The van der Waals surface area contributed by atoms with Gasteiger partial charge < -0.3 is 15.0 Å². The Labute approximate surface area is 137 Å². The molecular formula is C16H24ClFN2O2. The Bertz CT molecular complexity index is 450. The molecule has 0 bridgehead atoms. The molecule has 1 atom stereocenters. The van der Waals surface area contributed by atoms with E-state index in [0.29, 0.717) is 32.7 Å². The monoisotopic (exact) mass is 330 g/mol. The van der Waals surface area contributed by atoms with Crippen LogP contribution in [0.4, 0.5) is 4.39 Å². The van der Waals surface area contributed by atoms with Crippen molar-refractivity contribution in [3.63, 3.8) is 0 Å². The molecule has 6 heteroatoms. The number of nitrogens with one attached hydrogen (secondary N) is 1. The van der Waals surface area contributed by atoms with Gasteiger partial charge in [-0.15, -0.1) is 12.4 Å². The minimum atomic E-state index is -0.254. The number of carbonyl (C=O) groups excluding carboxylic acids is 1. The minimum Gasteiger partial charge on any atom is -0.378 e. The summed E-state index contributed by atoms with van der Waals surface area (Å²) in [5.74, 6) is -0.139. The van der Waals surface area contributed by atoms with E-state index >= 15 is 0 Å². The first-order chi connectivity index (χ1) is 10.2. The van der Waals surface area contributed by atoms with Crippen LogP contribution in [0.1, 0.15) is 25.3 Å². The molecule has 0 aromatic heterocycles. The lowest BCUT2D eigenvalue weighted by molar-refractivity contribution is -0.133. The van der Waals surface area contributed by atoms with Crippen molar-refractivity contribution in [2.75, 3.05) is 26.3 Å². The fourth-order valence-electron chi connectivity index (χ4n) is 2.46. The third-order valence-corrected chi connectivity index (χ3v) is 3.55. The summed E-state index contributed by atoms with van der Waals surface area (Å²) in [5.41, 5.74) is 0.950. The van der Waals surface area contributed by atoms with E-state index < -0.39 is 0 Å². The second-order valence-corrected chi connectivity index (χ2v) is 5.37. The van der Waals surface area contributed by atoms with Gasteiger partial charge in [-0.05, 0) is 24.1 Å². The molecule has 1 aromatic rings. The SMILES string of the molecule is CCCN(Cc1ccc(F)cc1)C(=O)CC1COCCN1.Cl. The van der Waals surface area contributed by atoms with Crippen LogP contribution in [0.15, 0.2) is 24.3 Å². The number of hydrogen-bond acceptors (Lipinski definition) is 3. The van der Waals surface area contributed by atoms with Crippen LogP contribution in [0, 0.1) is 5.82 Å². The maximum absolute atomic E-state index is 12.9. The Morgan fingerprint density at radius 3 is 2.73 bits per heavy atom. The lowest BCUT2D eigenvalue weighted by Gasteiger charge is -2.27. The third kappa shape index (κ3) is 5.91. The highest BCUT2D eigenvalue weighted by Gasteiger charge is 2.20. The normalized spacial score (nSPS) is 17.6. The van der Waals surface area contributed by atoms with Crippen molar-refractivity contribution in [2.24, 2.45) is 0 Å². The van der Waals surface area contributed by atoms with Crippen LogP contribution in [0.3, 0.4) is 0 Å². The van der Waals surface area contributed by atoms with Gasteiger partial charge in [0.1, 0.15) is 5.82 Å². The molecule has 1 heterocycles. The number of amides is 1. The molecule has 0 aliphatic carbocycles. The second kappa shape index (κ2) is 9.77. The molecule has 0 radical (unpaired) electrons. The summed E-state index contributed by atoms with van der Waals surface area (Å²) in [6.07, 6.45) is 1.35. The fourth-order valence-corrected chi connectivity index (χ4v) is 2.46. The third-order valence-electron chi connectivity index (χ3n) is 3.55. The van der Waals surface area contributed by atoms with Gasteiger partial charge in [-0.1, -0.05) is 19.1 Å². The van der Waals surface area contributed by atoms with Crippen molar-refractivity contribution in [3.8, 4) is 0 Å². The van der Waals surface area contributed by atoms with Gasteiger partial charge in [-0.2, -0.15) is 0 Å². The predicted octanol–water partition coefficient (Wildman–Crippen LogP) is 2.36. The lowest BCUT2D eigenvalue weighted by Crippen LogP contribution is -2.45. The number of ether oxygens (including phenoxy) is 1. The standard InChI is InChI=1S/C16H23FN2O2.ClH/c1-2-8-19(11-13-3-5-14(17)6-4-13)16(20)10-15-12-21-9-7-18-15;/h3-6,15,18H,2,7-12H2,1H3;1H. The molecule has 1 aliphatic heterocycles. The fraction of sp³-hybridized carbons (Fsp3) is 0.562. The molecule has 4 nitrogen and oxygen atoms in total. The van der Waals surface area contributed by atoms with Crippen molar-refractivity contribution >= 4 is 18.3 Å². The van der Waals surface area contributed by atoms with Crippen LogP contribution in [0.2, 0.25) is 0 Å². The van der Waals surface area contributed by atoms with Gasteiger partial charge >= 0.3 is 0 Å². The van der Waals surface area contributed by atoms with E-state index in [-0.39, 0.29) is 30.2 Å². The first kappa shape index (κ1) is 18.9. The van der Waals surface area contributed by atoms with Crippen LogP contribution in [0.25, 0.3) is 0 Å². The van der Waals surface area contributed by atoms with Crippen LogP contribution in [-0.2, 0) is 16.1 Å². The van der Waals surface area contributed by atoms with Gasteiger partial charge in [0.2, 0.25) is 5.91 Å². The van der Waals surface area contributed by atoms with Gasteiger partial charge in [0.05, 0.1) is 13.2 Å². The van der Waals surface area contributed by atoms with Crippen molar-refractivity contribution in [3.05, 3.63) is 35.6 Å². The molecule has 1 aromatic carbocycles. The number of benzene rings is 1. The largest absolute Gasteiger partial charge is 0.378 e. The minimum absolute atomic E-state index is 0. The second-order valence-electron chi connectivity index (χ2n) is 5.37. The molecule has 124 valence electrons. The highest BCUT2D eigenvalue weighted by molar-refractivity contribution is 5.85. The molecular weight excluding hydrogens is 307 g/mol. The van der Waals surface area contributed by atoms with Crippen LogP contribution in [0.5, 0.6) is 0 Å². The maximum Gasteiger partial charge on any atom is 0.224 e. The van der Waals surface area contributed by atoms with E-state index in [1.54, 1.807) is 12.1 Å². The molecule has 1 saturated heterocycles. The number of carbonyl (C=O) groups is 1. The summed E-state index contributed by atoms with van der Waals surface area (Å²) >= 11 is 0. The summed E-state index contributed by atoms with van der Waals surface area (Å²) < 4.78 is 18.3. The quantitative estimate of drug-likeness (QED) is 0.870. The number of halogens is 2. The van der Waals surface area contributed by atoms with E-state index in [1.807, 2.05) is 11.8 Å². The smallest absolute Gasteiger partial charge is 0.224 e. The van der Waals surface area contributed by atoms with Crippen molar-refractivity contribution in [1.82, 2.24) is 10.2 Å². The van der Waals surface area contributed by atoms with E-state index in [0.717, 1.165) is 18.5 Å². The number of nitrogens with zero attached hydrogens (tertiary/aromatic N) is 1. The summed E-state index contributed by atoms with van der Waals surface area (Å²) in [6.45, 7) is 5.38. The Kier molecular flexibility index (Phi) is 8.38. The van der Waals surface area contributed by atoms with E-state index in [4.69, 9.17) is 4.74 Å². The average molecular weight is 331 g/mol. The maximum atomic E-state index is 12.9. The Hall–Kier alpha value is -1.17. The summed E-state index contributed by atoms with van der Waals surface area (Å²) in [4.78, 5) is 14.3. The average Bonchev–Trinajstić information content (AvgIpc) is 2.50. The Morgan fingerprint density at radius 2 is 2.14 bits per heavy atom. The molecule has 0 saturated carbocycles. The van der Waals surface area contributed by atoms with Crippen molar-refractivity contribution in [2.45, 2.75) is 32.4 Å². The van der Waals surface area contributed by atoms with Crippen LogP contribution >= 0.6 is 12.4 Å². The molecule has 1 amide bonds. The topological polar surface area (TPSA) is 41.6 Å². The molecule has 1 unspecified atom stereocenters. The van der Waals surface area contributed by atoms with E-state index in [9.17, 15) is 9.18 Å². The van der Waals surface area contributed by atoms with Crippen LogP contribution in [-0.4, -0.2) is 43.2 Å². The zero-order valence-electron chi connectivity index (χ0n) is 12.9. The predicted molar refractivity (Wildman–Crippen MR) is 86.6 cm³/mol. The van der Waals surface area contributed by atoms with Gasteiger partial charge in [-0.25, -0.2) is 4.39 Å². The van der Waals surface area contributed by atoms with E-state index in [2.05, 4.69) is 5.32 Å². The Morgan fingerprint density at radius 1 is 1.41 bits per heavy atom. The van der Waals surface area contributed by atoms with Gasteiger partial charge in [0.25, 0.3) is 0 Å². The highest BCUT2D eigenvalue weighted by atomic mass is 35.5. The number of hydrogen-bond donors (Lipinski definition) is 1. The van der Waals surface area contributed by atoms with E-state index in [1.165, 1.54) is 12.1 Å². The highest BCUT2D eigenvalue weighted by Crippen LogP contribution is 2.10. The van der Waals surface area contributed by atoms with Crippen LogP contribution < -0.4 is 5.32 Å². The van der Waals surface area contributed by atoms with Crippen molar-refractivity contribution < 1.29 is 13.9 Å². The van der Waals surface area contributed by atoms with Gasteiger partial charge in [-0.3, -0.25) is 4.79 Å². The molecule has 1 fully saturated rings. The van der Waals surface area contributed by atoms with Crippen molar-refractivity contribution in [1.29, 1.82) is 0 Å². The summed E-state index contributed by atoms with van der Waals surface area (Å²) in [7, 11) is 0. The molecule has 1 N–H and O–H groups in total. The number of rotatable bonds is 6. The first-order valence-corrected chi connectivity index (χ1v) is 7.52. The molecule has 0 spiro atoms. The number of morpholine rings is 1. The lowest BCUT2D eigenvalue weighted by atomic mass is 10.1. The zero-order valence-corrected chi connectivity index (χ0v) is 13.7. The van der Waals surface area contributed by atoms with Gasteiger partial charge in [0, 0.05) is 32.1 Å².